The number of rotatable bonds is 2. The van der Waals surface area contributed by atoms with Crippen LogP contribution in [0.5, 0.6) is 0 Å². The fourth-order valence-electron chi connectivity index (χ4n) is 1.98. The van der Waals surface area contributed by atoms with Crippen LogP contribution < -0.4 is 0 Å². The Morgan fingerprint density at radius 3 is 1.94 bits per heavy atom. The van der Waals surface area contributed by atoms with Crippen LogP contribution in [0, 0.1) is 20.8 Å². The molecule has 0 saturated carbocycles. The zero-order valence-electron chi connectivity index (χ0n) is 9.99. The number of thiol groups is 1. The van der Waals surface area contributed by atoms with Gasteiger partial charge in [-0.25, -0.2) is 0 Å². The largest absolute Gasteiger partial charge is 0.164 e. The highest BCUT2D eigenvalue weighted by Crippen LogP contribution is 2.21. The molecule has 82 valence electrons. The zero-order valence-corrected chi connectivity index (χ0v) is 10.9. The van der Waals surface area contributed by atoms with E-state index in [0.29, 0.717) is 0 Å². The molecule has 0 nitrogen and oxygen atoms in total. The number of benzene rings is 2. The molecule has 2 aromatic carbocycles. The van der Waals surface area contributed by atoms with E-state index in [-0.39, 0.29) is 0 Å². The maximum absolute atomic E-state index is 2.26. The van der Waals surface area contributed by atoms with E-state index in [1.165, 1.54) is 38.2 Å². The first kappa shape index (κ1) is 11.3. The van der Waals surface area contributed by atoms with Crippen molar-refractivity contribution in [2.45, 2.75) is 30.6 Å². The van der Waals surface area contributed by atoms with Gasteiger partial charge in [-0.1, -0.05) is 35.9 Å². The highest BCUT2D eigenvalue weighted by Gasteiger charge is 2.13. The summed E-state index contributed by atoms with van der Waals surface area (Å²) in [6.07, 6.45) is 0. The van der Waals surface area contributed by atoms with Gasteiger partial charge >= 0.3 is 0 Å². The molecule has 0 atom stereocenters. The Labute approximate surface area is 102 Å². The molecule has 0 aliphatic carbocycles. The molecule has 0 fully saturated rings. The second kappa shape index (κ2) is 4.75. The SMILES string of the molecule is Cc1cc(C)c([SH+]c2ccccc2)c(C)c1. The van der Waals surface area contributed by atoms with Crippen molar-refractivity contribution in [3.63, 3.8) is 0 Å². The Kier molecular flexibility index (Phi) is 3.35. The van der Waals surface area contributed by atoms with Crippen molar-refractivity contribution in [2.24, 2.45) is 0 Å². The molecular formula is C15H17S+. The topological polar surface area (TPSA) is 0 Å². The van der Waals surface area contributed by atoms with E-state index < -0.39 is 0 Å². The maximum Gasteiger partial charge on any atom is 0.164 e. The lowest BCUT2D eigenvalue weighted by molar-refractivity contribution is 1.18. The molecule has 0 amide bonds. The summed E-state index contributed by atoms with van der Waals surface area (Å²) in [5.41, 5.74) is 4.13. The van der Waals surface area contributed by atoms with Crippen LogP contribution in [0.2, 0.25) is 0 Å². The smallest absolute Gasteiger partial charge is 0.0619 e. The second-order valence-electron chi connectivity index (χ2n) is 4.19. The first-order valence-corrected chi connectivity index (χ1v) is 6.41. The van der Waals surface area contributed by atoms with Crippen LogP contribution in [-0.4, -0.2) is 0 Å². The van der Waals surface area contributed by atoms with Gasteiger partial charge in [0, 0.05) is 22.9 Å². The van der Waals surface area contributed by atoms with Crippen LogP contribution in [0.3, 0.4) is 0 Å². The molecule has 0 heterocycles. The molecule has 0 aliphatic rings. The zero-order chi connectivity index (χ0) is 11.5. The van der Waals surface area contributed by atoms with Crippen molar-refractivity contribution < 1.29 is 0 Å². The predicted octanol–water partition coefficient (Wildman–Crippen LogP) is 3.84. The van der Waals surface area contributed by atoms with Crippen molar-refractivity contribution in [1.29, 1.82) is 0 Å². The van der Waals surface area contributed by atoms with Gasteiger partial charge in [-0.2, -0.15) is 0 Å². The summed E-state index contributed by atoms with van der Waals surface area (Å²) in [5.74, 6) is 0. The summed E-state index contributed by atoms with van der Waals surface area (Å²) < 4.78 is 0. The van der Waals surface area contributed by atoms with Gasteiger partial charge in [0.1, 0.15) is 0 Å². The monoisotopic (exact) mass is 229 g/mol. The third-order valence-electron chi connectivity index (χ3n) is 2.63. The quantitative estimate of drug-likeness (QED) is 0.542. The minimum atomic E-state index is 1.31. The summed E-state index contributed by atoms with van der Waals surface area (Å²) in [5, 5.41) is 0. The summed E-state index contributed by atoms with van der Waals surface area (Å²) in [6.45, 7) is 6.56. The van der Waals surface area contributed by atoms with Crippen LogP contribution in [0.15, 0.2) is 52.3 Å². The molecular weight excluding hydrogens is 212 g/mol. The average Bonchev–Trinajstić information content (AvgIpc) is 2.25. The van der Waals surface area contributed by atoms with Crippen molar-refractivity contribution in [1.82, 2.24) is 0 Å². The standard InChI is InChI=1S/C15H16S/c1-11-9-12(2)15(13(3)10-11)16-14-7-5-4-6-8-14/h4-10H,1-3H3/p+1. The van der Waals surface area contributed by atoms with Gasteiger partial charge in [-0.15, -0.1) is 0 Å². The minimum absolute atomic E-state index is 1.31. The Bertz CT molecular complexity index is 463. The van der Waals surface area contributed by atoms with E-state index in [4.69, 9.17) is 0 Å². The summed E-state index contributed by atoms with van der Waals surface area (Å²) >= 11 is 1.31. The summed E-state index contributed by atoms with van der Waals surface area (Å²) in [4.78, 5) is 2.80. The van der Waals surface area contributed by atoms with Crippen LogP contribution in [-0.2, 0) is 11.8 Å². The van der Waals surface area contributed by atoms with Crippen molar-refractivity contribution in [2.75, 3.05) is 0 Å². The molecule has 2 aromatic rings. The van der Waals surface area contributed by atoms with E-state index in [2.05, 4.69) is 63.2 Å². The fraction of sp³-hybridized carbons (Fsp3) is 0.200. The molecule has 0 radical (unpaired) electrons. The fourth-order valence-corrected chi connectivity index (χ4v) is 3.04. The number of aryl methyl sites for hydroxylation is 3. The first-order chi connectivity index (χ1) is 7.66. The van der Waals surface area contributed by atoms with Gasteiger partial charge in [0.25, 0.3) is 0 Å². The van der Waals surface area contributed by atoms with E-state index in [1.807, 2.05) is 0 Å². The van der Waals surface area contributed by atoms with Crippen LogP contribution >= 0.6 is 0 Å². The Morgan fingerprint density at radius 2 is 1.38 bits per heavy atom. The molecule has 0 N–H and O–H groups in total. The number of hydrogen-bond donors (Lipinski definition) is 0. The molecule has 2 rings (SSSR count). The van der Waals surface area contributed by atoms with Gasteiger partial charge in [0.05, 0.1) is 0 Å². The third-order valence-corrected chi connectivity index (χ3v) is 4.12. The van der Waals surface area contributed by atoms with E-state index in [9.17, 15) is 0 Å². The normalized spacial score (nSPS) is 10.4. The molecule has 0 unspecified atom stereocenters. The average molecular weight is 229 g/mol. The highest BCUT2D eigenvalue weighted by atomic mass is 32.2. The Balaban J connectivity index is 2.35. The van der Waals surface area contributed by atoms with Crippen LogP contribution in [0.25, 0.3) is 0 Å². The molecule has 1 heteroatoms. The predicted molar refractivity (Wildman–Crippen MR) is 72.4 cm³/mol. The maximum atomic E-state index is 2.26. The van der Waals surface area contributed by atoms with E-state index in [1.54, 1.807) is 0 Å². The third kappa shape index (κ3) is 2.48. The Hall–Kier alpha value is -1.21. The van der Waals surface area contributed by atoms with Crippen molar-refractivity contribution in [3.05, 3.63) is 59.2 Å². The van der Waals surface area contributed by atoms with Gasteiger partial charge in [-0.05, 0) is 32.9 Å². The first-order valence-electron chi connectivity index (χ1n) is 5.51. The number of hydrogen-bond acceptors (Lipinski definition) is 0. The lowest BCUT2D eigenvalue weighted by atomic mass is 10.1. The van der Waals surface area contributed by atoms with Crippen LogP contribution in [0.4, 0.5) is 0 Å². The summed E-state index contributed by atoms with van der Waals surface area (Å²) in [6, 6.07) is 15.1. The summed E-state index contributed by atoms with van der Waals surface area (Å²) in [7, 11) is 0. The van der Waals surface area contributed by atoms with E-state index in [0.717, 1.165) is 0 Å². The van der Waals surface area contributed by atoms with Crippen LogP contribution in [0.1, 0.15) is 16.7 Å². The lowest BCUT2D eigenvalue weighted by Gasteiger charge is -2.03. The van der Waals surface area contributed by atoms with Gasteiger partial charge in [0.15, 0.2) is 9.79 Å². The molecule has 0 bridgehead atoms. The van der Waals surface area contributed by atoms with Crippen molar-refractivity contribution in [3.8, 4) is 0 Å². The molecule has 0 aromatic heterocycles. The Morgan fingerprint density at radius 1 is 0.812 bits per heavy atom. The second-order valence-corrected chi connectivity index (χ2v) is 5.38. The lowest BCUT2D eigenvalue weighted by Crippen LogP contribution is -1.94. The molecule has 0 saturated heterocycles. The minimum Gasteiger partial charge on any atom is -0.0619 e. The molecule has 0 aliphatic heterocycles. The van der Waals surface area contributed by atoms with E-state index >= 15 is 0 Å². The molecule has 0 spiro atoms. The van der Waals surface area contributed by atoms with Gasteiger partial charge in [-0.3, -0.25) is 0 Å². The van der Waals surface area contributed by atoms with Crippen molar-refractivity contribution >= 4 is 11.8 Å². The highest BCUT2D eigenvalue weighted by molar-refractivity contribution is 7.78. The molecule has 16 heavy (non-hydrogen) atoms. The van der Waals surface area contributed by atoms with Gasteiger partial charge < -0.3 is 0 Å². The van der Waals surface area contributed by atoms with Gasteiger partial charge in [0.2, 0.25) is 0 Å².